The van der Waals surface area contributed by atoms with Crippen molar-refractivity contribution in [3.63, 3.8) is 0 Å². The molecule has 18 heavy (non-hydrogen) atoms. The van der Waals surface area contributed by atoms with Crippen LogP contribution in [0.5, 0.6) is 0 Å². The summed E-state index contributed by atoms with van der Waals surface area (Å²) in [5.41, 5.74) is 8.30. The molecule has 0 fully saturated rings. The summed E-state index contributed by atoms with van der Waals surface area (Å²) >= 11 is 0. The summed E-state index contributed by atoms with van der Waals surface area (Å²) in [5, 5.41) is 0. The summed E-state index contributed by atoms with van der Waals surface area (Å²) in [6.45, 7) is 2.41. The number of imide groups is 1. The van der Waals surface area contributed by atoms with Crippen molar-refractivity contribution in [3.05, 3.63) is 41.5 Å². The third-order valence-corrected chi connectivity index (χ3v) is 2.95. The van der Waals surface area contributed by atoms with Crippen LogP contribution >= 0.6 is 0 Å². The zero-order chi connectivity index (χ0) is 13.1. The Morgan fingerprint density at radius 3 is 2.39 bits per heavy atom. The lowest BCUT2D eigenvalue weighted by Gasteiger charge is -2.18. The van der Waals surface area contributed by atoms with E-state index in [1.165, 1.54) is 17.7 Å². The second kappa shape index (κ2) is 5.14. The van der Waals surface area contributed by atoms with E-state index in [0.717, 1.165) is 23.3 Å². The predicted octanol–water partition coefficient (Wildman–Crippen LogP) is 1.53. The lowest BCUT2D eigenvalue weighted by molar-refractivity contribution is -0.119. The highest BCUT2D eigenvalue weighted by atomic mass is 16.2. The van der Waals surface area contributed by atoms with E-state index in [0.29, 0.717) is 12.2 Å². The van der Waals surface area contributed by atoms with Crippen LogP contribution in [0.3, 0.4) is 0 Å². The Kier molecular flexibility index (Phi) is 3.58. The van der Waals surface area contributed by atoms with Gasteiger partial charge in [0.15, 0.2) is 0 Å². The molecule has 2 amide bonds. The molecule has 2 rings (SSSR count). The largest absolute Gasteiger partial charge is 0.326 e. The minimum atomic E-state index is -0.307. The van der Waals surface area contributed by atoms with Gasteiger partial charge in [0, 0.05) is 18.7 Å². The maximum Gasteiger partial charge on any atom is 0.258 e. The molecule has 94 valence electrons. The summed E-state index contributed by atoms with van der Waals surface area (Å²) in [6, 6.07) is 5.71. The van der Waals surface area contributed by atoms with Crippen LogP contribution in [0.1, 0.15) is 24.5 Å². The van der Waals surface area contributed by atoms with Gasteiger partial charge in [0.1, 0.15) is 0 Å². The first-order valence-corrected chi connectivity index (χ1v) is 6.05. The molecule has 1 aromatic carbocycles. The van der Waals surface area contributed by atoms with Crippen LogP contribution in [-0.4, -0.2) is 11.8 Å². The molecule has 0 spiro atoms. The number of aryl methyl sites for hydroxylation is 1. The Morgan fingerprint density at radius 2 is 1.83 bits per heavy atom. The summed E-state index contributed by atoms with van der Waals surface area (Å²) in [7, 11) is 0. The van der Waals surface area contributed by atoms with E-state index in [9.17, 15) is 9.59 Å². The van der Waals surface area contributed by atoms with Crippen molar-refractivity contribution in [1.29, 1.82) is 0 Å². The van der Waals surface area contributed by atoms with Gasteiger partial charge < -0.3 is 5.73 Å². The number of carbonyl (C=O) groups is 2. The Labute approximate surface area is 106 Å². The molecule has 4 nitrogen and oxygen atoms in total. The van der Waals surface area contributed by atoms with E-state index in [-0.39, 0.29) is 11.8 Å². The zero-order valence-electron chi connectivity index (χ0n) is 10.3. The molecule has 1 aliphatic heterocycles. The number of carbonyl (C=O) groups excluding carboxylic acids is 2. The van der Waals surface area contributed by atoms with E-state index in [1.54, 1.807) is 6.07 Å². The first kappa shape index (κ1) is 12.5. The summed E-state index contributed by atoms with van der Waals surface area (Å²) in [4.78, 5) is 24.4. The minimum absolute atomic E-state index is 0.307. The zero-order valence-corrected chi connectivity index (χ0v) is 10.3. The molecular formula is C14H16N2O2. The predicted molar refractivity (Wildman–Crippen MR) is 70.0 cm³/mol. The van der Waals surface area contributed by atoms with Gasteiger partial charge in [0.05, 0.1) is 5.69 Å². The molecule has 0 saturated heterocycles. The van der Waals surface area contributed by atoms with Crippen molar-refractivity contribution in [2.45, 2.75) is 26.3 Å². The molecule has 1 aromatic rings. The number of nitrogens with zero attached hydrogens (tertiary/aromatic N) is 1. The first-order valence-electron chi connectivity index (χ1n) is 6.05. The lowest BCUT2D eigenvalue weighted by Crippen LogP contribution is -2.30. The molecule has 0 aromatic heterocycles. The van der Waals surface area contributed by atoms with Crippen molar-refractivity contribution in [3.8, 4) is 0 Å². The van der Waals surface area contributed by atoms with E-state index in [1.807, 2.05) is 12.1 Å². The highest BCUT2D eigenvalue weighted by Gasteiger charge is 2.26. The highest BCUT2D eigenvalue weighted by molar-refractivity contribution is 6.28. The number of benzene rings is 1. The SMILES string of the molecule is CCCc1ccc(N2C(=O)C=CC2=O)c(CN)c1. The van der Waals surface area contributed by atoms with Gasteiger partial charge in [-0.2, -0.15) is 0 Å². The van der Waals surface area contributed by atoms with E-state index < -0.39 is 0 Å². The second-order valence-electron chi connectivity index (χ2n) is 4.26. The Balaban J connectivity index is 2.39. The van der Waals surface area contributed by atoms with Gasteiger partial charge >= 0.3 is 0 Å². The number of anilines is 1. The molecule has 4 heteroatoms. The molecule has 0 saturated carbocycles. The lowest BCUT2D eigenvalue weighted by atomic mass is 10.0. The molecule has 0 atom stereocenters. The minimum Gasteiger partial charge on any atom is -0.326 e. The number of amides is 2. The molecule has 1 aliphatic rings. The third kappa shape index (κ3) is 2.19. The maximum absolute atomic E-state index is 11.6. The molecule has 0 aliphatic carbocycles. The fourth-order valence-electron chi connectivity index (χ4n) is 2.10. The van der Waals surface area contributed by atoms with Crippen molar-refractivity contribution in [1.82, 2.24) is 0 Å². The van der Waals surface area contributed by atoms with Crippen molar-refractivity contribution in [2.75, 3.05) is 4.90 Å². The fourth-order valence-corrected chi connectivity index (χ4v) is 2.10. The number of rotatable bonds is 4. The van der Waals surface area contributed by atoms with Gasteiger partial charge in [-0.05, 0) is 23.6 Å². The van der Waals surface area contributed by atoms with Gasteiger partial charge in [-0.1, -0.05) is 25.5 Å². The summed E-state index contributed by atoms with van der Waals surface area (Å²) in [5.74, 6) is -0.615. The molecule has 0 bridgehead atoms. The molecule has 0 unspecified atom stereocenters. The Hall–Kier alpha value is -1.94. The van der Waals surface area contributed by atoms with Gasteiger partial charge in [-0.15, -0.1) is 0 Å². The summed E-state index contributed by atoms with van der Waals surface area (Å²) < 4.78 is 0. The van der Waals surface area contributed by atoms with Crippen LogP contribution in [0.2, 0.25) is 0 Å². The monoisotopic (exact) mass is 244 g/mol. The quantitative estimate of drug-likeness (QED) is 0.817. The third-order valence-electron chi connectivity index (χ3n) is 2.95. The standard InChI is InChI=1S/C14H16N2O2/c1-2-3-10-4-5-12(11(8-10)9-15)16-13(17)6-7-14(16)18/h4-8H,2-3,9,15H2,1H3. The normalized spacial score (nSPS) is 14.7. The first-order chi connectivity index (χ1) is 8.67. The Bertz CT molecular complexity index is 503. The number of nitrogens with two attached hydrogens (primary N) is 1. The maximum atomic E-state index is 11.6. The topological polar surface area (TPSA) is 63.4 Å². The number of hydrogen-bond donors (Lipinski definition) is 1. The van der Waals surface area contributed by atoms with Crippen LogP contribution < -0.4 is 10.6 Å². The van der Waals surface area contributed by atoms with Crippen LogP contribution in [-0.2, 0) is 22.6 Å². The van der Waals surface area contributed by atoms with Gasteiger partial charge in [0.2, 0.25) is 0 Å². The van der Waals surface area contributed by atoms with Gasteiger partial charge in [-0.25, -0.2) is 4.90 Å². The van der Waals surface area contributed by atoms with Crippen molar-refractivity contribution >= 4 is 17.5 Å². The molecular weight excluding hydrogens is 228 g/mol. The highest BCUT2D eigenvalue weighted by Crippen LogP contribution is 2.25. The average Bonchev–Trinajstić information content (AvgIpc) is 2.70. The van der Waals surface area contributed by atoms with Crippen LogP contribution in [0.25, 0.3) is 0 Å². The average molecular weight is 244 g/mol. The van der Waals surface area contributed by atoms with Crippen molar-refractivity contribution in [2.24, 2.45) is 5.73 Å². The molecule has 0 radical (unpaired) electrons. The van der Waals surface area contributed by atoms with E-state index >= 15 is 0 Å². The number of hydrogen-bond acceptors (Lipinski definition) is 3. The van der Waals surface area contributed by atoms with E-state index in [4.69, 9.17) is 5.73 Å². The molecule has 1 heterocycles. The van der Waals surface area contributed by atoms with E-state index in [2.05, 4.69) is 6.92 Å². The fraction of sp³-hybridized carbons (Fsp3) is 0.286. The molecule has 2 N–H and O–H groups in total. The van der Waals surface area contributed by atoms with Crippen LogP contribution in [0, 0.1) is 0 Å². The van der Waals surface area contributed by atoms with Gasteiger partial charge in [0.25, 0.3) is 11.8 Å². The van der Waals surface area contributed by atoms with Crippen LogP contribution in [0.15, 0.2) is 30.4 Å². The second-order valence-corrected chi connectivity index (χ2v) is 4.26. The summed E-state index contributed by atoms with van der Waals surface area (Å²) in [6.07, 6.45) is 4.57. The smallest absolute Gasteiger partial charge is 0.258 e. The van der Waals surface area contributed by atoms with Gasteiger partial charge in [-0.3, -0.25) is 9.59 Å². The Morgan fingerprint density at radius 1 is 1.17 bits per heavy atom. The van der Waals surface area contributed by atoms with Crippen LogP contribution in [0.4, 0.5) is 5.69 Å². The van der Waals surface area contributed by atoms with Crippen molar-refractivity contribution < 1.29 is 9.59 Å².